The Bertz CT molecular complexity index is 682. The second-order valence-corrected chi connectivity index (χ2v) is 8.77. The lowest BCUT2D eigenvalue weighted by atomic mass is 9.55. The molecule has 25 heavy (non-hydrogen) atoms. The fourth-order valence-corrected chi connectivity index (χ4v) is 6.43. The van der Waals surface area contributed by atoms with E-state index in [1.54, 1.807) is 19.6 Å². The highest BCUT2D eigenvalue weighted by Gasteiger charge is 2.58. The van der Waals surface area contributed by atoms with E-state index in [4.69, 9.17) is 9.47 Å². The number of rotatable bonds is 2. The Morgan fingerprint density at radius 2 is 2.08 bits per heavy atom. The van der Waals surface area contributed by atoms with Gasteiger partial charge in [0.1, 0.15) is 11.9 Å². The first-order valence-corrected chi connectivity index (χ1v) is 9.78. The van der Waals surface area contributed by atoms with Gasteiger partial charge >= 0.3 is 5.97 Å². The zero-order valence-corrected chi connectivity index (χ0v) is 15.9. The van der Waals surface area contributed by atoms with E-state index in [1.807, 2.05) is 0 Å². The summed E-state index contributed by atoms with van der Waals surface area (Å²) in [6.45, 7) is 6.21. The summed E-state index contributed by atoms with van der Waals surface area (Å²) in [6, 6.07) is 6.65. The van der Waals surface area contributed by atoms with E-state index in [2.05, 4.69) is 32.0 Å². The lowest BCUT2D eigenvalue weighted by molar-refractivity contribution is -0.157. The van der Waals surface area contributed by atoms with Gasteiger partial charge in [-0.1, -0.05) is 19.9 Å². The second-order valence-electron chi connectivity index (χ2n) is 8.77. The Morgan fingerprint density at radius 3 is 2.80 bits per heavy atom. The number of hydrogen-bond donors (Lipinski definition) is 0. The van der Waals surface area contributed by atoms with E-state index < -0.39 is 0 Å². The SMILES string of the molecule is COc1ccc2c(c1)CC[C@@H]1[C@@H]2CC[C@]2(C)[C@H](OC(C)=O)[C@H](C)C[C@@H]12. The quantitative estimate of drug-likeness (QED) is 0.729. The van der Waals surface area contributed by atoms with Crippen molar-refractivity contribution in [3.63, 3.8) is 0 Å². The van der Waals surface area contributed by atoms with Crippen molar-refractivity contribution in [2.24, 2.45) is 23.2 Å². The summed E-state index contributed by atoms with van der Waals surface area (Å²) in [7, 11) is 1.74. The predicted molar refractivity (Wildman–Crippen MR) is 97.7 cm³/mol. The van der Waals surface area contributed by atoms with Crippen LogP contribution in [-0.2, 0) is 16.0 Å². The Hall–Kier alpha value is -1.51. The van der Waals surface area contributed by atoms with E-state index in [0.29, 0.717) is 17.8 Å². The Morgan fingerprint density at radius 1 is 1.28 bits per heavy atom. The molecule has 2 fully saturated rings. The van der Waals surface area contributed by atoms with Crippen LogP contribution in [-0.4, -0.2) is 19.2 Å². The van der Waals surface area contributed by atoms with Crippen LogP contribution in [0.2, 0.25) is 0 Å². The highest BCUT2D eigenvalue weighted by molar-refractivity contribution is 5.66. The summed E-state index contributed by atoms with van der Waals surface area (Å²) in [5, 5.41) is 0. The standard InChI is InChI=1S/C22H30O3/c1-13-11-20-19-7-5-15-12-16(24-4)6-8-17(15)18(19)9-10-22(20,3)21(13)25-14(2)23/h6,8,12-13,18-21H,5,7,9-11H2,1-4H3/t13-,18-,19-,20+,21-,22+/m1/s1. The molecule has 136 valence electrons. The third-order valence-electron chi connectivity index (χ3n) is 7.46. The summed E-state index contributed by atoms with van der Waals surface area (Å²) in [4.78, 5) is 11.6. The minimum Gasteiger partial charge on any atom is -0.497 e. The molecule has 3 aliphatic carbocycles. The van der Waals surface area contributed by atoms with Gasteiger partial charge in [-0.3, -0.25) is 4.79 Å². The molecule has 0 spiro atoms. The molecule has 0 heterocycles. The van der Waals surface area contributed by atoms with Crippen molar-refractivity contribution in [2.45, 2.75) is 64.9 Å². The van der Waals surface area contributed by atoms with Crippen molar-refractivity contribution < 1.29 is 14.3 Å². The van der Waals surface area contributed by atoms with Crippen LogP contribution in [0.25, 0.3) is 0 Å². The van der Waals surface area contributed by atoms with Gasteiger partial charge in [0.25, 0.3) is 0 Å². The molecule has 4 rings (SSSR count). The van der Waals surface area contributed by atoms with Gasteiger partial charge in [0.05, 0.1) is 7.11 Å². The first-order chi connectivity index (χ1) is 11.9. The maximum atomic E-state index is 11.6. The van der Waals surface area contributed by atoms with Crippen molar-refractivity contribution in [2.75, 3.05) is 7.11 Å². The fourth-order valence-electron chi connectivity index (χ4n) is 6.43. The van der Waals surface area contributed by atoms with Crippen LogP contribution in [0.4, 0.5) is 0 Å². The van der Waals surface area contributed by atoms with E-state index in [-0.39, 0.29) is 17.5 Å². The molecule has 0 amide bonds. The molecule has 0 aliphatic heterocycles. The van der Waals surface area contributed by atoms with E-state index in [1.165, 1.54) is 24.8 Å². The first-order valence-electron chi connectivity index (χ1n) is 9.78. The molecule has 1 aromatic rings. The molecule has 3 heteroatoms. The average Bonchev–Trinajstić information content (AvgIpc) is 2.85. The van der Waals surface area contributed by atoms with Crippen molar-refractivity contribution >= 4 is 5.97 Å². The first kappa shape index (κ1) is 16.9. The molecular weight excluding hydrogens is 312 g/mol. The van der Waals surface area contributed by atoms with Gasteiger partial charge in [0.2, 0.25) is 0 Å². The zero-order chi connectivity index (χ0) is 17.8. The van der Waals surface area contributed by atoms with E-state index in [9.17, 15) is 4.79 Å². The normalized spacial score (nSPS) is 39.1. The molecule has 6 atom stereocenters. The Labute approximate surface area is 151 Å². The van der Waals surface area contributed by atoms with Gasteiger partial charge < -0.3 is 9.47 Å². The number of fused-ring (bicyclic) bond motifs is 5. The summed E-state index contributed by atoms with van der Waals surface area (Å²) >= 11 is 0. The molecule has 3 aliphatic rings. The monoisotopic (exact) mass is 342 g/mol. The topological polar surface area (TPSA) is 35.5 Å². The summed E-state index contributed by atoms with van der Waals surface area (Å²) < 4.78 is 11.2. The summed E-state index contributed by atoms with van der Waals surface area (Å²) in [5.74, 6) is 3.37. The Balaban J connectivity index is 1.64. The smallest absolute Gasteiger partial charge is 0.302 e. The number of esters is 1. The largest absolute Gasteiger partial charge is 0.497 e. The predicted octanol–water partition coefficient (Wildman–Crippen LogP) is 4.73. The van der Waals surface area contributed by atoms with Crippen LogP contribution >= 0.6 is 0 Å². The third-order valence-corrected chi connectivity index (χ3v) is 7.46. The Kier molecular flexibility index (Phi) is 4.09. The molecule has 0 unspecified atom stereocenters. The molecule has 0 radical (unpaired) electrons. The van der Waals surface area contributed by atoms with Gasteiger partial charge in [0, 0.05) is 12.3 Å². The van der Waals surface area contributed by atoms with Gasteiger partial charge in [-0.05, 0) is 79.0 Å². The maximum absolute atomic E-state index is 11.6. The van der Waals surface area contributed by atoms with Gasteiger partial charge in [0.15, 0.2) is 0 Å². The molecule has 0 aromatic heterocycles. The summed E-state index contributed by atoms with van der Waals surface area (Å²) in [5.41, 5.74) is 3.17. The van der Waals surface area contributed by atoms with Crippen LogP contribution in [0.15, 0.2) is 18.2 Å². The molecule has 1 aromatic carbocycles. The van der Waals surface area contributed by atoms with E-state index in [0.717, 1.165) is 24.5 Å². The highest BCUT2D eigenvalue weighted by Crippen LogP contribution is 2.62. The lowest BCUT2D eigenvalue weighted by Crippen LogP contribution is -2.45. The number of aryl methyl sites for hydroxylation is 1. The number of hydrogen-bond acceptors (Lipinski definition) is 3. The van der Waals surface area contributed by atoms with Gasteiger partial charge in [-0.15, -0.1) is 0 Å². The van der Waals surface area contributed by atoms with Gasteiger partial charge in [-0.2, -0.15) is 0 Å². The minimum absolute atomic E-state index is 0.0909. The maximum Gasteiger partial charge on any atom is 0.302 e. The van der Waals surface area contributed by atoms with E-state index >= 15 is 0 Å². The van der Waals surface area contributed by atoms with Crippen LogP contribution in [0.1, 0.15) is 63.5 Å². The molecule has 3 nitrogen and oxygen atoms in total. The third kappa shape index (κ3) is 2.58. The van der Waals surface area contributed by atoms with Crippen molar-refractivity contribution in [3.05, 3.63) is 29.3 Å². The van der Waals surface area contributed by atoms with Crippen molar-refractivity contribution in [1.29, 1.82) is 0 Å². The molecule has 2 saturated carbocycles. The van der Waals surface area contributed by atoms with Crippen LogP contribution < -0.4 is 4.74 Å². The second kappa shape index (κ2) is 6.03. The van der Waals surface area contributed by atoms with Crippen LogP contribution in [0.5, 0.6) is 5.75 Å². The molecular formula is C22H30O3. The lowest BCUT2D eigenvalue weighted by Gasteiger charge is -2.50. The van der Waals surface area contributed by atoms with Gasteiger partial charge in [-0.25, -0.2) is 0 Å². The average molecular weight is 342 g/mol. The van der Waals surface area contributed by atoms with Crippen LogP contribution in [0.3, 0.4) is 0 Å². The minimum atomic E-state index is -0.123. The fraction of sp³-hybridized carbons (Fsp3) is 0.682. The number of ether oxygens (including phenoxy) is 2. The molecule has 0 N–H and O–H groups in total. The van der Waals surface area contributed by atoms with Crippen molar-refractivity contribution in [1.82, 2.24) is 0 Å². The zero-order valence-electron chi connectivity index (χ0n) is 15.9. The highest BCUT2D eigenvalue weighted by atomic mass is 16.5. The number of carbonyl (C=O) groups excluding carboxylic acids is 1. The number of carbonyl (C=O) groups is 1. The number of benzene rings is 1. The number of methoxy groups -OCH3 is 1. The molecule has 0 bridgehead atoms. The van der Waals surface area contributed by atoms with Crippen LogP contribution in [0, 0.1) is 23.2 Å². The van der Waals surface area contributed by atoms with Crippen molar-refractivity contribution in [3.8, 4) is 5.75 Å². The molecule has 0 saturated heterocycles. The summed E-state index contributed by atoms with van der Waals surface area (Å²) in [6.07, 6.45) is 6.06.